The first kappa shape index (κ1) is 9.37. The number of hydrogen-bond donors (Lipinski definition) is 1. The number of nitrogens with zero attached hydrogens (tertiary/aromatic N) is 1. The molecule has 0 aromatic rings. The third-order valence-corrected chi connectivity index (χ3v) is 1.63. The number of aliphatic hydroxyl groups is 1. The van der Waals surface area contributed by atoms with E-state index in [1.165, 1.54) is 6.08 Å². The molecule has 0 aromatic heterocycles. The maximum Gasteiger partial charge on any atom is 0.102 e. The molecule has 10 heavy (non-hydrogen) atoms. The Balaban J connectivity index is 4.16. The highest BCUT2D eigenvalue weighted by Crippen LogP contribution is 2.12. The van der Waals surface area contributed by atoms with Crippen LogP contribution in [0.25, 0.3) is 0 Å². The Morgan fingerprint density at radius 3 is 2.50 bits per heavy atom. The molecule has 0 aromatic carbocycles. The summed E-state index contributed by atoms with van der Waals surface area (Å²) < 4.78 is 0. The van der Waals surface area contributed by atoms with Gasteiger partial charge in [0.2, 0.25) is 0 Å². The van der Waals surface area contributed by atoms with E-state index in [-0.39, 0.29) is 6.04 Å². The lowest BCUT2D eigenvalue weighted by molar-refractivity contribution is 0.0899. The summed E-state index contributed by atoms with van der Waals surface area (Å²) in [5, 5.41) is 9.49. The van der Waals surface area contributed by atoms with Crippen LogP contribution in [-0.2, 0) is 0 Å². The fourth-order valence-electron chi connectivity index (χ4n) is 0.545. The molecule has 0 aliphatic heterocycles. The number of hydrogen-bond acceptors (Lipinski definition) is 2. The van der Waals surface area contributed by atoms with E-state index in [0.29, 0.717) is 0 Å². The lowest BCUT2D eigenvalue weighted by Crippen LogP contribution is -2.33. The highest BCUT2D eigenvalue weighted by Gasteiger charge is 2.22. The summed E-state index contributed by atoms with van der Waals surface area (Å²) in [6.45, 7) is 8.88. The van der Waals surface area contributed by atoms with E-state index in [2.05, 4.69) is 11.6 Å². The van der Waals surface area contributed by atoms with Crippen LogP contribution in [0, 0.1) is 0 Å². The van der Waals surface area contributed by atoms with Gasteiger partial charge in [-0.3, -0.25) is 4.99 Å². The van der Waals surface area contributed by atoms with Crippen molar-refractivity contribution in [3.05, 3.63) is 12.7 Å². The summed E-state index contributed by atoms with van der Waals surface area (Å²) >= 11 is 0. The Morgan fingerprint density at radius 1 is 1.70 bits per heavy atom. The van der Waals surface area contributed by atoms with Crippen molar-refractivity contribution in [3.63, 3.8) is 0 Å². The van der Waals surface area contributed by atoms with Crippen molar-refractivity contribution in [2.24, 2.45) is 4.99 Å². The van der Waals surface area contributed by atoms with E-state index in [9.17, 15) is 5.11 Å². The molecule has 0 aliphatic rings. The van der Waals surface area contributed by atoms with Crippen molar-refractivity contribution < 1.29 is 5.11 Å². The Labute approximate surface area is 62.3 Å². The molecule has 0 bridgehead atoms. The van der Waals surface area contributed by atoms with E-state index < -0.39 is 5.60 Å². The highest BCUT2D eigenvalue weighted by molar-refractivity contribution is 5.53. The second-order valence-electron chi connectivity index (χ2n) is 2.51. The molecule has 2 nitrogen and oxygen atoms in total. The van der Waals surface area contributed by atoms with Crippen molar-refractivity contribution in [3.8, 4) is 0 Å². The van der Waals surface area contributed by atoms with Crippen molar-refractivity contribution in [2.75, 3.05) is 0 Å². The van der Waals surface area contributed by atoms with Gasteiger partial charge in [0.05, 0.1) is 6.04 Å². The van der Waals surface area contributed by atoms with Gasteiger partial charge in [-0.2, -0.15) is 0 Å². The molecule has 0 heterocycles. The summed E-state index contributed by atoms with van der Waals surface area (Å²) in [4.78, 5) is 4.02. The summed E-state index contributed by atoms with van der Waals surface area (Å²) in [6, 6.07) is -0.116. The smallest absolute Gasteiger partial charge is 0.102 e. The first-order valence-corrected chi connectivity index (χ1v) is 3.38. The molecular formula is C8H15NO. The van der Waals surface area contributed by atoms with E-state index in [0.717, 1.165) is 0 Å². The summed E-state index contributed by atoms with van der Waals surface area (Å²) in [5.74, 6) is 0. The molecule has 0 radical (unpaired) electrons. The van der Waals surface area contributed by atoms with Crippen LogP contribution in [0.15, 0.2) is 17.6 Å². The molecule has 0 amide bonds. The summed E-state index contributed by atoms with van der Waals surface area (Å²) in [7, 11) is 0. The molecule has 2 atom stereocenters. The van der Waals surface area contributed by atoms with Gasteiger partial charge in [0.25, 0.3) is 0 Å². The van der Waals surface area contributed by atoms with Gasteiger partial charge >= 0.3 is 0 Å². The largest absolute Gasteiger partial charge is 0.384 e. The van der Waals surface area contributed by atoms with Crippen LogP contribution in [0.2, 0.25) is 0 Å². The monoisotopic (exact) mass is 141 g/mol. The predicted molar refractivity (Wildman–Crippen MR) is 44.4 cm³/mol. The van der Waals surface area contributed by atoms with E-state index in [1.807, 2.05) is 13.8 Å². The Morgan fingerprint density at radius 2 is 2.20 bits per heavy atom. The average Bonchev–Trinajstić information content (AvgIpc) is 1.89. The van der Waals surface area contributed by atoms with Crippen LogP contribution >= 0.6 is 0 Å². The van der Waals surface area contributed by atoms with E-state index >= 15 is 0 Å². The molecule has 0 fully saturated rings. The molecule has 0 aliphatic carbocycles. The van der Waals surface area contributed by atoms with Gasteiger partial charge in [-0.1, -0.05) is 6.08 Å². The zero-order valence-corrected chi connectivity index (χ0v) is 6.83. The first-order valence-electron chi connectivity index (χ1n) is 3.38. The number of aliphatic imine (C=N–C) groups is 1. The lowest BCUT2D eigenvalue weighted by Gasteiger charge is -2.22. The fourth-order valence-corrected chi connectivity index (χ4v) is 0.545. The van der Waals surface area contributed by atoms with Crippen LogP contribution < -0.4 is 0 Å². The maximum absolute atomic E-state index is 9.49. The minimum absolute atomic E-state index is 0.116. The molecule has 58 valence electrons. The van der Waals surface area contributed by atoms with Gasteiger partial charge in [0, 0.05) is 0 Å². The first-order chi connectivity index (χ1) is 4.54. The second kappa shape index (κ2) is 3.52. The van der Waals surface area contributed by atoms with Crippen molar-refractivity contribution in [2.45, 2.75) is 32.4 Å². The van der Waals surface area contributed by atoms with Crippen molar-refractivity contribution in [1.82, 2.24) is 0 Å². The topological polar surface area (TPSA) is 32.6 Å². The molecule has 1 N–H and O–H groups in total. The zero-order valence-electron chi connectivity index (χ0n) is 6.83. The molecule has 0 rings (SSSR count). The molecule has 0 spiro atoms. The van der Waals surface area contributed by atoms with Gasteiger partial charge in [-0.15, -0.1) is 6.58 Å². The van der Waals surface area contributed by atoms with Gasteiger partial charge < -0.3 is 5.11 Å². The van der Waals surface area contributed by atoms with E-state index in [1.54, 1.807) is 13.1 Å². The lowest BCUT2D eigenvalue weighted by atomic mass is 9.99. The third-order valence-electron chi connectivity index (χ3n) is 1.63. The second-order valence-corrected chi connectivity index (χ2v) is 2.51. The van der Waals surface area contributed by atoms with Gasteiger partial charge in [-0.05, 0) is 27.0 Å². The molecule has 0 saturated carbocycles. The van der Waals surface area contributed by atoms with Crippen LogP contribution in [0.1, 0.15) is 20.8 Å². The minimum Gasteiger partial charge on any atom is -0.384 e. The average molecular weight is 141 g/mol. The highest BCUT2D eigenvalue weighted by atomic mass is 16.3. The number of rotatable bonds is 3. The summed E-state index contributed by atoms with van der Waals surface area (Å²) in [5.41, 5.74) is -0.882. The molecule has 0 saturated heterocycles. The molecule has 0 unspecified atom stereocenters. The van der Waals surface area contributed by atoms with Gasteiger partial charge in [-0.25, -0.2) is 0 Å². The van der Waals surface area contributed by atoms with Crippen molar-refractivity contribution >= 4 is 6.21 Å². The Kier molecular flexibility index (Phi) is 3.30. The van der Waals surface area contributed by atoms with E-state index in [4.69, 9.17) is 0 Å². The van der Waals surface area contributed by atoms with Gasteiger partial charge in [0.15, 0.2) is 0 Å². The normalized spacial score (nSPS) is 20.4. The standard InChI is InChI=1S/C8H15NO/c1-5-8(4,10)7(3)9-6-2/h5-7,10H,1H2,2-4H3/t7-,8-/m0/s1. The summed E-state index contributed by atoms with van der Waals surface area (Å²) in [6.07, 6.45) is 3.19. The SMILES string of the molecule is C=C[C@](C)(O)[C@H](C)N=CC. The third kappa shape index (κ3) is 2.31. The minimum atomic E-state index is -0.882. The maximum atomic E-state index is 9.49. The van der Waals surface area contributed by atoms with Crippen LogP contribution in [0.4, 0.5) is 0 Å². The van der Waals surface area contributed by atoms with Gasteiger partial charge in [0.1, 0.15) is 5.60 Å². The molecular weight excluding hydrogens is 126 g/mol. The Bertz CT molecular complexity index is 138. The quantitative estimate of drug-likeness (QED) is 0.467. The van der Waals surface area contributed by atoms with Crippen LogP contribution in [-0.4, -0.2) is 23.0 Å². The van der Waals surface area contributed by atoms with Crippen LogP contribution in [0.5, 0.6) is 0 Å². The van der Waals surface area contributed by atoms with Crippen LogP contribution in [0.3, 0.4) is 0 Å². The Hall–Kier alpha value is -0.630. The fraction of sp³-hybridized carbons (Fsp3) is 0.625. The van der Waals surface area contributed by atoms with Crippen molar-refractivity contribution in [1.29, 1.82) is 0 Å². The zero-order chi connectivity index (χ0) is 8.20. The predicted octanol–water partition coefficient (Wildman–Crippen LogP) is 1.40. The molecule has 2 heteroatoms.